The Bertz CT molecular complexity index is 666. The molecule has 1 fully saturated rings. The smallest absolute Gasteiger partial charge is 0.417 e. The van der Waals surface area contributed by atoms with E-state index in [1.165, 1.54) is 0 Å². The number of hydrogen-bond donors (Lipinski definition) is 0. The van der Waals surface area contributed by atoms with Crippen LogP contribution >= 0.6 is 11.6 Å². The summed E-state index contributed by atoms with van der Waals surface area (Å²) < 4.78 is 42.3. The van der Waals surface area contributed by atoms with Crippen molar-refractivity contribution in [3.63, 3.8) is 0 Å². The van der Waals surface area contributed by atoms with E-state index in [0.717, 1.165) is 30.2 Å². The standard InChI is InChI=1S/C15H15ClF3N3O/c16-12-4-2-1-3-11(12)9-22-7-5-10(6-8-22)13-20-21-14(23-13)15(17,18)19/h1-4,10H,5-9H2. The van der Waals surface area contributed by atoms with Crippen LogP contribution < -0.4 is 0 Å². The second-order valence-corrected chi connectivity index (χ2v) is 5.99. The van der Waals surface area contributed by atoms with Crippen LogP contribution in [0.5, 0.6) is 0 Å². The molecule has 1 saturated heterocycles. The Hall–Kier alpha value is -1.60. The van der Waals surface area contributed by atoms with E-state index < -0.39 is 12.1 Å². The molecule has 1 aromatic carbocycles. The van der Waals surface area contributed by atoms with Crippen molar-refractivity contribution in [1.82, 2.24) is 15.1 Å². The van der Waals surface area contributed by atoms with Gasteiger partial charge in [-0.15, -0.1) is 10.2 Å². The first-order chi connectivity index (χ1) is 10.9. The number of piperidine rings is 1. The van der Waals surface area contributed by atoms with Crippen LogP contribution in [-0.2, 0) is 12.7 Å². The summed E-state index contributed by atoms with van der Waals surface area (Å²) in [6.45, 7) is 2.23. The monoisotopic (exact) mass is 345 g/mol. The Kier molecular flexibility index (Phi) is 4.59. The van der Waals surface area contributed by atoms with Crippen LogP contribution in [0.25, 0.3) is 0 Å². The predicted octanol–water partition coefficient (Wildman–Crippen LogP) is 4.12. The summed E-state index contributed by atoms with van der Waals surface area (Å²) in [5.74, 6) is -1.32. The number of aromatic nitrogens is 2. The number of alkyl halides is 3. The lowest BCUT2D eigenvalue weighted by atomic mass is 9.96. The fourth-order valence-corrected chi connectivity index (χ4v) is 2.92. The number of benzene rings is 1. The summed E-state index contributed by atoms with van der Waals surface area (Å²) in [7, 11) is 0. The van der Waals surface area contributed by atoms with Gasteiger partial charge in [-0.2, -0.15) is 13.2 Å². The third kappa shape index (κ3) is 3.84. The summed E-state index contributed by atoms with van der Waals surface area (Å²) in [5, 5.41) is 7.36. The van der Waals surface area contributed by atoms with Gasteiger partial charge in [0, 0.05) is 17.5 Å². The molecule has 2 aromatic rings. The minimum absolute atomic E-state index is 0.0784. The molecule has 8 heteroatoms. The molecular weight excluding hydrogens is 331 g/mol. The van der Waals surface area contributed by atoms with E-state index in [-0.39, 0.29) is 11.8 Å². The van der Waals surface area contributed by atoms with Crippen LogP contribution in [0.1, 0.15) is 36.1 Å². The van der Waals surface area contributed by atoms with Gasteiger partial charge in [-0.05, 0) is 37.6 Å². The normalized spacial score (nSPS) is 17.6. The maximum absolute atomic E-state index is 12.5. The zero-order valence-corrected chi connectivity index (χ0v) is 12.9. The largest absolute Gasteiger partial charge is 0.470 e. The molecule has 124 valence electrons. The van der Waals surface area contributed by atoms with E-state index in [1.54, 1.807) is 0 Å². The first-order valence-electron chi connectivity index (χ1n) is 7.30. The molecule has 0 spiro atoms. The van der Waals surface area contributed by atoms with Crippen molar-refractivity contribution in [3.8, 4) is 0 Å². The summed E-state index contributed by atoms with van der Waals surface area (Å²) in [6.07, 6.45) is -3.22. The molecule has 4 nitrogen and oxygen atoms in total. The van der Waals surface area contributed by atoms with E-state index in [0.29, 0.717) is 12.8 Å². The Labute approximate surface area is 136 Å². The molecule has 0 amide bonds. The first kappa shape index (κ1) is 16.3. The van der Waals surface area contributed by atoms with Gasteiger partial charge in [0.1, 0.15) is 0 Å². The molecule has 1 aromatic heterocycles. The number of likely N-dealkylation sites (tertiary alicyclic amines) is 1. The van der Waals surface area contributed by atoms with Crippen molar-refractivity contribution in [3.05, 3.63) is 46.6 Å². The fraction of sp³-hybridized carbons (Fsp3) is 0.467. The highest BCUT2D eigenvalue weighted by atomic mass is 35.5. The predicted molar refractivity (Wildman–Crippen MR) is 78.0 cm³/mol. The summed E-state index contributed by atoms with van der Waals surface area (Å²) in [4.78, 5) is 2.22. The summed E-state index contributed by atoms with van der Waals surface area (Å²) >= 11 is 6.15. The molecule has 0 N–H and O–H groups in total. The molecule has 2 heterocycles. The summed E-state index contributed by atoms with van der Waals surface area (Å²) in [5.41, 5.74) is 1.05. The van der Waals surface area contributed by atoms with Crippen molar-refractivity contribution in [2.24, 2.45) is 0 Å². The van der Waals surface area contributed by atoms with Gasteiger partial charge in [0.05, 0.1) is 0 Å². The first-order valence-corrected chi connectivity index (χ1v) is 7.67. The van der Waals surface area contributed by atoms with E-state index in [4.69, 9.17) is 16.0 Å². The Morgan fingerprint density at radius 1 is 1.17 bits per heavy atom. The van der Waals surface area contributed by atoms with Crippen LogP contribution in [0.2, 0.25) is 5.02 Å². The molecular formula is C15H15ClF3N3O. The zero-order valence-electron chi connectivity index (χ0n) is 12.2. The second-order valence-electron chi connectivity index (χ2n) is 5.59. The van der Waals surface area contributed by atoms with Crippen molar-refractivity contribution in [1.29, 1.82) is 0 Å². The molecule has 0 bridgehead atoms. The van der Waals surface area contributed by atoms with Crippen LogP contribution in [0, 0.1) is 0 Å². The SMILES string of the molecule is FC(F)(F)c1nnc(C2CCN(Cc3ccccc3Cl)CC2)o1. The molecule has 0 saturated carbocycles. The lowest BCUT2D eigenvalue weighted by Gasteiger charge is -2.30. The highest BCUT2D eigenvalue weighted by Crippen LogP contribution is 2.33. The third-order valence-corrected chi connectivity index (χ3v) is 4.34. The van der Waals surface area contributed by atoms with Crippen LogP contribution in [0.3, 0.4) is 0 Å². The highest BCUT2D eigenvalue weighted by molar-refractivity contribution is 6.31. The van der Waals surface area contributed by atoms with E-state index >= 15 is 0 Å². The Balaban J connectivity index is 1.58. The number of rotatable bonds is 3. The molecule has 23 heavy (non-hydrogen) atoms. The molecule has 0 unspecified atom stereocenters. The van der Waals surface area contributed by atoms with E-state index in [9.17, 15) is 13.2 Å². The fourth-order valence-electron chi connectivity index (χ4n) is 2.72. The molecule has 3 rings (SSSR count). The highest BCUT2D eigenvalue weighted by Gasteiger charge is 2.39. The Morgan fingerprint density at radius 2 is 1.87 bits per heavy atom. The molecule has 1 aliphatic heterocycles. The zero-order chi connectivity index (χ0) is 16.4. The summed E-state index contributed by atoms with van der Waals surface area (Å²) in [6, 6.07) is 7.64. The van der Waals surface area contributed by atoms with Crippen molar-refractivity contribution in [2.45, 2.75) is 31.5 Å². The van der Waals surface area contributed by atoms with E-state index in [2.05, 4.69) is 15.1 Å². The van der Waals surface area contributed by atoms with Crippen molar-refractivity contribution in [2.75, 3.05) is 13.1 Å². The lowest BCUT2D eigenvalue weighted by molar-refractivity contribution is -0.157. The molecule has 1 aliphatic rings. The number of halogens is 4. The van der Waals surface area contributed by atoms with Gasteiger partial charge in [-0.25, -0.2) is 0 Å². The maximum atomic E-state index is 12.5. The third-order valence-electron chi connectivity index (χ3n) is 3.97. The number of nitrogens with zero attached hydrogens (tertiary/aromatic N) is 3. The minimum atomic E-state index is -4.59. The number of hydrogen-bond acceptors (Lipinski definition) is 4. The average Bonchev–Trinajstić information content (AvgIpc) is 3.00. The van der Waals surface area contributed by atoms with Crippen LogP contribution in [0.4, 0.5) is 13.2 Å². The van der Waals surface area contributed by atoms with Gasteiger partial charge in [-0.3, -0.25) is 4.90 Å². The Morgan fingerprint density at radius 3 is 2.48 bits per heavy atom. The van der Waals surface area contributed by atoms with Crippen molar-refractivity contribution < 1.29 is 17.6 Å². The van der Waals surface area contributed by atoms with Gasteiger partial charge in [-0.1, -0.05) is 29.8 Å². The molecule has 0 radical (unpaired) electrons. The minimum Gasteiger partial charge on any atom is -0.417 e. The van der Waals surface area contributed by atoms with Gasteiger partial charge in [0.2, 0.25) is 5.89 Å². The average molecular weight is 346 g/mol. The van der Waals surface area contributed by atoms with Gasteiger partial charge in [0.25, 0.3) is 0 Å². The van der Waals surface area contributed by atoms with Gasteiger partial charge in [0.15, 0.2) is 0 Å². The lowest BCUT2D eigenvalue weighted by Crippen LogP contribution is -2.32. The van der Waals surface area contributed by atoms with Crippen molar-refractivity contribution >= 4 is 11.6 Å². The molecule has 0 aliphatic carbocycles. The second kappa shape index (κ2) is 6.49. The molecule has 0 atom stereocenters. The van der Waals surface area contributed by atoms with Gasteiger partial charge >= 0.3 is 12.1 Å². The van der Waals surface area contributed by atoms with Crippen LogP contribution in [-0.4, -0.2) is 28.2 Å². The topological polar surface area (TPSA) is 42.2 Å². The van der Waals surface area contributed by atoms with Crippen LogP contribution in [0.15, 0.2) is 28.7 Å². The van der Waals surface area contributed by atoms with Gasteiger partial charge < -0.3 is 4.42 Å². The maximum Gasteiger partial charge on any atom is 0.470 e. The van der Waals surface area contributed by atoms with E-state index in [1.807, 2.05) is 24.3 Å². The quantitative estimate of drug-likeness (QED) is 0.839.